The number of hydrogen-bond acceptors (Lipinski definition) is 3. The number of carbonyl (C=O) groups is 1. The fraction of sp³-hybridized carbons (Fsp3) is 0.533. The molecule has 0 spiro atoms. The van der Waals surface area contributed by atoms with Crippen LogP contribution in [-0.4, -0.2) is 24.6 Å². The average molecular weight is 295 g/mol. The van der Waals surface area contributed by atoms with Gasteiger partial charge in [0.1, 0.15) is 5.75 Å². The summed E-state index contributed by atoms with van der Waals surface area (Å²) in [5.74, 6) is 0.990. The minimum atomic E-state index is -0.216. The number of nitrogens with one attached hydrogen (secondary N) is 2. The molecule has 2 N–H and O–H groups in total. The lowest BCUT2D eigenvalue weighted by Crippen LogP contribution is -2.42. The molecular weight excluding hydrogens is 276 g/mol. The highest BCUT2D eigenvalue weighted by Crippen LogP contribution is 2.32. The van der Waals surface area contributed by atoms with E-state index < -0.39 is 0 Å². The first-order valence-corrected chi connectivity index (χ1v) is 7.49. The first-order valence-electron chi connectivity index (χ1n) is 7.11. The molecule has 1 unspecified atom stereocenters. The third-order valence-electron chi connectivity index (χ3n) is 3.74. The maximum absolute atomic E-state index is 11.9. The van der Waals surface area contributed by atoms with Crippen LogP contribution >= 0.6 is 11.6 Å². The lowest BCUT2D eigenvalue weighted by molar-refractivity contribution is -0.122. The van der Waals surface area contributed by atoms with E-state index in [1.807, 2.05) is 19.1 Å². The van der Waals surface area contributed by atoms with Crippen molar-refractivity contribution >= 4 is 17.5 Å². The van der Waals surface area contributed by atoms with Gasteiger partial charge in [-0.15, -0.1) is 0 Å². The molecule has 0 saturated heterocycles. The van der Waals surface area contributed by atoms with E-state index in [0.29, 0.717) is 19.2 Å². The topological polar surface area (TPSA) is 50.4 Å². The zero-order chi connectivity index (χ0) is 14.1. The molecule has 1 aromatic rings. The standard InChI is InChI=1S/C15H19ClN2O2/c1-9(15(19)18-13-2-3-13)17-8-11-7-12(16)6-10-4-5-20-14(10)11/h6-7,9,13,17H,2-5,8H2,1H3,(H,18,19). The Morgan fingerprint density at radius 2 is 2.30 bits per heavy atom. The minimum absolute atomic E-state index is 0.0621. The SMILES string of the molecule is CC(NCc1cc(Cl)cc2c1OCC2)C(=O)NC1CC1. The van der Waals surface area contributed by atoms with Crippen LogP contribution in [0.2, 0.25) is 5.02 Å². The van der Waals surface area contributed by atoms with Crippen LogP contribution in [0.1, 0.15) is 30.9 Å². The van der Waals surface area contributed by atoms with Crippen LogP contribution in [-0.2, 0) is 17.8 Å². The number of hydrogen-bond donors (Lipinski definition) is 2. The Hall–Kier alpha value is -1.26. The molecule has 4 nitrogen and oxygen atoms in total. The maximum Gasteiger partial charge on any atom is 0.237 e. The third-order valence-corrected chi connectivity index (χ3v) is 3.96. The summed E-state index contributed by atoms with van der Waals surface area (Å²) in [6, 6.07) is 4.04. The van der Waals surface area contributed by atoms with Gasteiger partial charge in [-0.3, -0.25) is 4.79 Å². The number of ether oxygens (including phenoxy) is 1. The van der Waals surface area contributed by atoms with Crippen LogP contribution in [0.4, 0.5) is 0 Å². The summed E-state index contributed by atoms with van der Waals surface area (Å²) in [4.78, 5) is 11.9. The van der Waals surface area contributed by atoms with Gasteiger partial charge in [-0.1, -0.05) is 11.6 Å². The van der Waals surface area contributed by atoms with Gasteiger partial charge in [0.15, 0.2) is 0 Å². The van der Waals surface area contributed by atoms with Gasteiger partial charge in [0.05, 0.1) is 12.6 Å². The van der Waals surface area contributed by atoms with Gasteiger partial charge in [0.25, 0.3) is 0 Å². The predicted octanol–water partition coefficient (Wildman–Crippen LogP) is 2.03. The van der Waals surface area contributed by atoms with Gasteiger partial charge in [-0.05, 0) is 37.5 Å². The van der Waals surface area contributed by atoms with Crippen molar-refractivity contribution in [2.24, 2.45) is 0 Å². The lowest BCUT2D eigenvalue weighted by Gasteiger charge is -2.15. The fourth-order valence-corrected chi connectivity index (χ4v) is 2.65. The molecule has 1 saturated carbocycles. The van der Waals surface area contributed by atoms with Gasteiger partial charge < -0.3 is 15.4 Å². The molecule has 0 radical (unpaired) electrons. The third kappa shape index (κ3) is 3.07. The van der Waals surface area contributed by atoms with E-state index in [1.54, 1.807) is 0 Å². The summed E-state index contributed by atoms with van der Waals surface area (Å²) in [6.45, 7) is 3.17. The second kappa shape index (κ2) is 5.62. The normalized spacial score (nSPS) is 18.3. The molecule has 108 valence electrons. The zero-order valence-corrected chi connectivity index (χ0v) is 12.3. The molecule has 1 aromatic carbocycles. The van der Waals surface area contributed by atoms with Crippen LogP contribution in [0, 0.1) is 0 Å². The molecule has 20 heavy (non-hydrogen) atoms. The summed E-state index contributed by atoms with van der Waals surface area (Å²) in [5.41, 5.74) is 2.18. The van der Waals surface area contributed by atoms with Crippen molar-refractivity contribution in [1.82, 2.24) is 10.6 Å². The molecule has 1 fully saturated rings. The number of rotatable bonds is 5. The van der Waals surface area contributed by atoms with Crippen molar-refractivity contribution in [3.05, 3.63) is 28.3 Å². The Bertz CT molecular complexity index is 529. The Kier molecular flexibility index (Phi) is 3.85. The van der Waals surface area contributed by atoms with E-state index >= 15 is 0 Å². The summed E-state index contributed by atoms with van der Waals surface area (Å²) < 4.78 is 5.65. The highest BCUT2D eigenvalue weighted by atomic mass is 35.5. The van der Waals surface area contributed by atoms with Crippen LogP contribution < -0.4 is 15.4 Å². The first kappa shape index (κ1) is 13.7. The van der Waals surface area contributed by atoms with Crippen molar-refractivity contribution in [1.29, 1.82) is 0 Å². The molecule has 1 aliphatic heterocycles. The highest BCUT2D eigenvalue weighted by Gasteiger charge is 2.25. The molecule has 1 atom stereocenters. The fourth-order valence-electron chi connectivity index (χ4n) is 2.39. The molecule has 1 heterocycles. The Balaban J connectivity index is 1.61. The van der Waals surface area contributed by atoms with Gasteiger partial charge in [0, 0.05) is 29.6 Å². The molecule has 3 rings (SSSR count). The van der Waals surface area contributed by atoms with Gasteiger partial charge >= 0.3 is 0 Å². The second-order valence-electron chi connectivity index (χ2n) is 5.54. The van der Waals surface area contributed by atoms with E-state index in [-0.39, 0.29) is 11.9 Å². The smallest absolute Gasteiger partial charge is 0.237 e. The molecule has 0 bridgehead atoms. The quantitative estimate of drug-likeness (QED) is 0.874. The Morgan fingerprint density at radius 3 is 3.05 bits per heavy atom. The van der Waals surface area contributed by atoms with E-state index in [4.69, 9.17) is 16.3 Å². The predicted molar refractivity (Wildman–Crippen MR) is 78.1 cm³/mol. The maximum atomic E-state index is 11.9. The molecule has 1 aliphatic carbocycles. The summed E-state index contributed by atoms with van der Waals surface area (Å²) in [7, 11) is 0. The van der Waals surface area contributed by atoms with Gasteiger partial charge in [-0.25, -0.2) is 0 Å². The van der Waals surface area contributed by atoms with Crippen molar-refractivity contribution < 1.29 is 9.53 Å². The van der Waals surface area contributed by atoms with Crippen LogP contribution in [0.3, 0.4) is 0 Å². The molecule has 5 heteroatoms. The molecule has 0 aromatic heterocycles. The van der Waals surface area contributed by atoms with E-state index in [2.05, 4.69) is 10.6 Å². The minimum Gasteiger partial charge on any atom is -0.493 e. The number of benzene rings is 1. The van der Waals surface area contributed by atoms with E-state index in [1.165, 1.54) is 0 Å². The van der Waals surface area contributed by atoms with E-state index in [9.17, 15) is 4.79 Å². The van der Waals surface area contributed by atoms with Crippen molar-refractivity contribution in [2.75, 3.05) is 6.61 Å². The van der Waals surface area contributed by atoms with Crippen molar-refractivity contribution in [3.8, 4) is 5.75 Å². The van der Waals surface area contributed by atoms with Gasteiger partial charge in [0.2, 0.25) is 5.91 Å². The van der Waals surface area contributed by atoms with Crippen LogP contribution in [0.25, 0.3) is 0 Å². The van der Waals surface area contributed by atoms with Crippen LogP contribution in [0.15, 0.2) is 12.1 Å². The van der Waals surface area contributed by atoms with E-state index in [0.717, 1.165) is 41.2 Å². The molecular formula is C15H19ClN2O2. The Morgan fingerprint density at radius 1 is 1.50 bits per heavy atom. The van der Waals surface area contributed by atoms with Crippen molar-refractivity contribution in [3.63, 3.8) is 0 Å². The number of carbonyl (C=O) groups excluding carboxylic acids is 1. The molecule has 2 aliphatic rings. The average Bonchev–Trinajstić information content (AvgIpc) is 3.10. The largest absolute Gasteiger partial charge is 0.493 e. The first-order chi connectivity index (χ1) is 9.63. The highest BCUT2D eigenvalue weighted by molar-refractivity contribution is 6.30. The summed E-state index contributed by atoms with van der Waals surface area (Å²) in [5, 5.41) is 6.96. The molecule has 1 amide bonds. The number of amides is 1. The second-order valence-corrected chi connectivity index (χ2v) is 5.97. The number of fused-ring (bicyclic) bond motifs is 1. The zero-order valence-electron chi connectivity index (χ0n) is 11.5. The lowest BCUT2D eigenvalue weighted by atomic mass is 10.1. The van der Waals surface area contributed by atoms with Crippen molar-refractivity contribution in [2.45, 2.75) is 44.8 Å². The Labute approximate surface area is 123 Å². The van der Waals surface area contributed by atoms with Crippen LogP contribution in [0.5, 0.6) is 5.75 Å². The monoisotopic (exact) mass is 294 g/mol. The summed E-state index contributed by atoms with van der Waals surface area (Å²) >= 11 is 6.12. The summed E-state index contributed by atoms with van der Waals surface area (Å²) in [6.07, 6.45) is 3.11. The number of halogens is 1. The van der Waals surface area contributed by atoms with Gasteiger partial charge in [-0.2, -0.15) is 0 Å².